The Kier molecular flexibility index (Phi) is 45.3. The van der Waals surface area contributed by atoms with Gasteiger partial charge in [-0.3, -0.25) is 4.79 Å². The van der Waals surface area contributed by atoms with E-state index in [9.17, 15) is 15.0 Å². The van der Waals surface area contributed by atoms with Crippen molar-refractivity contribution in [1.82, 2.24) is 5.32 Å². The van der Waals surface area contributed by atoms with Gasteiger partial charge in [-0.25, -0.2) is 0 Å². The zero-order valence-corrected chi connectivity index (χ0v) is 36.8. The second-order valence-corrected chi connectivity index (χ2v) is 16.9. The van der Waals surface area contributed by atoms with Gasteiger partial charge < -0.3 is 15.5 Å². The Bertz CT molecular complexity index is 780. The van der Waals surface area contributed by atoms with Crippen LogP contribution in [0.3, 0.4) is 0 Å². The van der Waals surface area contributed by atoms with Crippen molar-refractivity contribution in [3.05, 3.63) is 24.3 Å². The molecule has 0 heterocycles. The molecule has 2 unspecified atom stereocenters. The van der Waals surface area contributed by atoms with Gasteiger partial charge in [-0.05, 0) is 44.9 Å². The van der Waals surface area contributed by atoms with E-state index in [0.717, 1.165) is 44.9 Å². The standard InChI is InChI=1S/C50H97NO3/c1-3-5-7-9-11-13-15-17-19-21-22-23-24-25-26-27-28-29-30-31-33-35-37-39-41-43-45-49(53)48(47-52)51-50(54)46-44-42-40-38-36-34-32-20-18-16-14-12-10-8-6-4-2/h14,16,20,32,48-49,52-53H,3-13,15,17-19,21-31,33-47H2,1-2H3,(H,51,54)/b16-14-,32-20-. The van der Waals surface area contributed by atoms with Crippen molar-refractivity contribution in [1.29, 1.82) is 0 Å². The Hall–Kier alpha value is -1.13. The molecule has 320 valence electrons. The zero-order chi connectivity index (χ0) is 39.3. The molecule has 0 radical (unpaired) electrons. The monoisotopic (exact) mass is 760 g/mol. The van der Waals surface area contributed by atoms with Crippen LogP contribution in [0.15, 0.2) is 24.3 Å². The SMILES string of the molecule is CCCCCC/C=C\C/C=C\CCCCCCCC(=O)NC(CO)C(O)CCCCCCCCCCCCCCCCCCCCCCCCCCCC. The molecule has 2 atom stereocenters. The maximum absolute atomic E-state index is 12.4. The third kappa shape index (κ3) is 42.0. The summed E-state index contributed by atoms with van der Waals surface area (Å²) in [5, 5.41) is 23.2. The van der Waals surface area contributed by atoms with Crippen molar-refractivity contribution in [3.63, 3.8) is 0 Å². The number of amides is 1. The third-order valence-electron chi connectivity index (χ3n) is 11.5. The molecular weight excluding hydrogens is 663 g/mol. The highest BCUT2D eigenvalue weighted by Gasteiger charge is 2.20. The second kappa shape index (κ2) is 46.3. The van der Waals surface area contributed by atoms with Crippen molar-refractivity contribution in [2.24, 2.45) is 0 Å². The molecule has 4 heteroatoms. The van der Waals surface area contributed by atoms with E-state index in [0.29, 0.717) is 12.8 Å². The number of aliphatic hydroxyl groups is 2. The average Bonchev–Trinajstić information content (AvgIpc) is 3.18. The van der Waals surface area contributed by atoms with E-state index in [1.54, 1.807) is 0 Å². The first-order valence-electron chi connectivity index (χ1n) is 24.5. The first-order chi connectivity index (χ1) is 26.7. The normalized spacial score (nSPS) is 13.0. The molecule has 0 spiro atoms. The van der Waals surface area contributed by atoms with Crippen molar-refractivity contribution in [2.75, 3.05) is 6.61 Å². The molecular formula is C50H97NO3. The number of aliphatic hydroxyl groups excluding tert-OH is 2. The Morgan fingerprint density at radius 2 is 0.759 bits per heavy atom. The molecule has 0 rings (SSSR count). The van der Waals surface area contributed by atoms with Gasteiger partial charge >= 0.3 is 0 Å². The number of carbonyl (C=O) groups excluding carboxylic acids is 1. The fraction of sp³-hybridized carbons (Fsp3) is 0.900. The molecule has 0 aromatic carbocycles. The maximum atomic E-state index is 12.4. The van der Waals surface area contributed by atoms with E-state index in [1.165, 1.54) is 199 Å². The van der Waals surface area contributed by atoms with Gasteiger partial charge in [0.15, 0.2) is 0 Å². The quantitative estimate of drug-likeness (QED) is 0.0428. The number of rotatable bonds is 45. The van der Waals surface area contributed by atoms with Crippen LogP contribution >= 0.6 is 0 Å². The van der Waals surface area contributed by atoms with E-state index in [4.69, 9.17) is 0 Å². The minimum atomic E-state index is -0.664. The molecule has 0 saturated heterocycles. The topological polar surface area (TPSA) is 69.6 Å². The number of hydrogen-bond donors (Lipinski definition) is 3. The lowest BCUT2D eigenvalue weighted by Gasteiger charge is -2.22. The predicted molar refractivity (Wildman–Crippen MR) is 239 cm³/mol. The molecule has 4 nitrogen and oxygen atoms in total. The molecule has 54 heavy (non-hydrogen) atoms. The van der Waals surface area contributed by atoms with Crippen molar-refractivity contribution < 1.29 is 15.0 Å². The van der Waals surface area contributed by atoms with Gasteiger partial charge in [0, 0.05) is 6.42 Å². The molecule has 0 bridgehead atoms. The summed E-state index contributed by atoms with van der Waals surface area (Å²) in [4.78, 5) is 12.4. The average molecular weight is 760 g/mol. The van der Waals surface area contributed by atoms with Crippen LogP contribution in [0.25, 0.3) is 0 Å². The Labute approximate surface area is 339 Å². The predicted octanol–water partition coefficient (Wildman–Crippen LogP) is 15.6. The number of allylic oxidation sites excluding steroid dienone is 4. The van der Waals surface area contributed by atoms with E-state index in [1.807, 2.05) is 0 Å². The van der Waals surface area contributed by atoms with Crippen LogP contribution in [-0.4, -0.2) is 34.9 Å². The van der Waals surface area contributed by atoms with E-state index in [2.05, 4.69) is 43.5 Å². The van der Waals surface area contributed by atoms with Gasteiger partial charge in [-0.2, -0.15) is 0 Å². The molecule has 0 saturated carbocycles. The molecule has 0 aliphatic heterocycles. The van der Waals surface area contributed by atoms with Crippen molar-refractivity contribution in [3.8, 4) is 0 Å². The highest BCUT2D eigenvalue weighted by molar-refractivity contribution is 5.76. The van der Waals surface area contributed by atoms with Gasteiger partial charge in [0.25, 0.3) is 0 Å². The summed E-state index contributed by atoms with van der Waals surface area (Å²) in [6, 6.07) is -0.542. The number of hydrogen-bond acceptors (Lipinski definition) is 3. The fourth-order valence-electron chi connectivity index (χ4n) is 7.69. The third-order valence-corrected chi connectivity index (χ3v) is 11.5. The summed E-state index contributed by atoms with van der Waals surface area (Å²) in [5.74, 6) is -0.0422. The molecule has 3 N–H and O–H groups in total. The summed E-state index contributed by atoms with van der Waals surface area (Å²) >= 11 is 0. The van der Waals surface area contributed by atoms with E-state index >= 15 is 0 Å². The zero-order valence-electron chi connectivity index (χ0n) is 36.8. The van der Waals surface area contributed by atoms with Crippen LogP contribution in [0.2, 0.25) is 0 Å². The maximum Gasteiger partial charge on any atom is 0.220 e. The summed E-state index contributed by atoms with van der Waals surface area (Å²) < 4.78 is 0. The molecule has 0 fully saturated rings. The summed E-state index contributed by atoms with van der Waals surface area (Å²) in [7, 11) is 0. The van der Waals surface area contributed by atoms with Crippen LogP contribution in [0.4, 0.5) is 0 Å². The summed E-state index contributed by atoms with van der Waals surface area (Å²) in [6.45, 7) is 4.35. The lowest BCUT2D eigenvalue weighted by atomic mass is 10.0. The molecule has 0 aliphatic carbocycles. The summed E-state index contributed by atoms with van der Waals surface area (Å²) in [5.41, 5.74) is 0. The minimum Gasteiger partial charge on any atom is -0.394 e. The van der Waals surface area contributed by atoms with E-state index in [-0.39, 0.29) is 12.5 Å². The number of unbranched alkanes of at least 4 members (excludes halogenated alkanes) is 34. The Balaban J connectivity index is 3.46. The van der Waals surface area contributed by atoms with Gasteiger partial charge in [0.1, 0.15) is 0 Å². The lowest BCUT2D eigenvalue weighted by molar-refractivity contribution is -0.123. The highest BCUT2D eigenvalue weighted by atomic mass is 16.3. The summed E-state index contributed by atoms with van der Waals surface area (Å²) in [6.07, 6.45) is 59.9. The number of nitrogens with one attached hydrogen (secondary N) is 1. The van der Waals surface area contributed by atoms with Gasteiger partial charge in [0.2, 0.25) is 5.91 Å². The second-order valence-electron chi connectivity index (χ2n) is 16.9. The van der Waals surface area contributed by atoms with Crippen LogP contribution in [0, 0.1) is 0 Å². The first-order valence-corrected chi connectivity index (χ1v) is 24.5. The van der Waals surface area contributed by atoms with Crippen molar-refractivity contribution in [2.45, 2.75) is 283 Å². The van der Waals surface area contributed by atoms with Crippen LogP contribution < -0.4 is 5.32 Å². The largest absolute Gasteiger partial charge is 0.394 e. The minimum absolute atomic E-state index is 0.0422. The smallest absolute Gasteiger partial charge is 0.220 e. The lowest BCUT2D eigenvalue weighted by Crippen LogP contribution is -2.45. The Morgan fingerprint density at radius 3 is 1.13 bits per heavy atom. The van der Waals surface area contributed by atoms with Crippen LogP contribution in [-0.2, 0) is 4.79 Å². The molecule has 0 aromatic rings. The fourth-order valence-corrected chi connectivity index (χ4v) is 7.69. The molecule has 1 amide bonds. The van der Waals surface area contributed by atoms with Gasteiger partial charge in [-0.15, -0.1) is 0 Å². The van der Waals surface area contributed by atoms with Crippen LogP contribution in [0.1, 0.15) is 271 Å². The van der Waals surface area contributed by atoms with Gasteiger partial charge in [0.05, 0.1) is 18.8 Å². The Morgan fingerprint density at radius 1 is 0.444 bits per heavy atom. The van der Waals surface area contributed by atoms with Crippen molar-refractivity contribution >= 4 is 5.91 Å². The highest BCUT2D eigenvalue weighted by Crippen LogP contribution is 2.17. The van der Waals surface area contributed by atoms with E-state index < -0.39 is 12.1 Å². The first kappa shape index (κ1) is 52.9. The molecule has 0 aliphatic rings. The molecule has 0 aromatic heterocycles. The van der Waals surface area contributed by atoms with Gasteiger partial charge in [-0.1, -0.05) is 244 Å². The van der Waals surface area contributed by atoms with Crippen LogP contribution in [0.5, 0.6) is 0 Å². The number of carbonyl (C=O) groups is 1.